The summed E-state index contributed by atoms with van der Waals surface area (Å²) in [6, 6.07) is 8.75. The molecule has 10 heteroatoms. The van der Waals surface area contributed by atoms with Crippen molar-refractivity contribution in [2.75, 3.05) is 13.6 Å². The Labute approximate surface area is 153 Å². The number of nitrogens with zero attached hydrogens (tertiary/aromatic N) is 1. The molecule has 0 aliphatic rings. The van der Waals surface area contributed by atoms with Crippen molar-refractivity contribution in [3.63, 3.8) is 0 Å². The molecule has 0 spiro atoms. The topological polar surface area (TPSA) is 66.5 Å². The van der Waals surface area contributed by atoms with E-state index in [1.54, 1.807) is 6.07 Å². The first-order chi connectivity index (χ1) is 12.5. The molecule has 146 valence electrons. The second-order valence-electron chi connectivity index (χ2n) is 5.73. The van der Waals surface area contributed by atoms with E-state index >= 15 is 0 Å². The van der Waals surface area contributed by atoms with Crippen molar-refractivity contribution in [2.45, 2.75) is 17.6 Å². The third-order valence-electron chi connectivity index (χ3n) is 3.62. The van der Waals surface area contributed by atoms with E-state index < -0.39 is 44.9 Å². The van der Waals surface area contributed by atoms with Crippen molar-refractivity contribution in [3.05, 3.63) is 65.5 Å². The second-order valence-corrected chi connectivity index (χ2v) is 7.50. The molecule has 1 amide bonds. The van der Waals surface area contributed by atoms with Crippen LogP contribution in [0.3, 0.4) is 0 Å². The Kier molecular flexibility index (Phi) is 6.22. The van der Waals surface area contributed by atoms with Crippen molar-refractivity contribution in [2.24, 2.45) is 0 Å². The van der Waals surface area contributed by atoms with E-state index in [0.29, 0.717) is 11.6 Å². The smallest absolute Gasteiger partial charge is 0.340 e. The molecule has 0 heterocycles. The number of benzene rings is 2. The number of likely N-dealkylation sites (N-methyl/N-ethyl adjacent to an activating group) is 1. The van der Waals surface area contributed by atoms with Crippen LogP contribution in [0.15, 0.2) is 53.4 Å². The van der Waals surface area contributed by atoms with E-state index in [1.807, 2.05) is 4.72 Å². The summed E-state index contributed by atoms with van der Waals surface area (Å²) in [5.74, 6) is -1.10. The Morgan fingerprint density at radius 3 is 2.41 bits per heavy atom. The molecule has 0 aliphatic heterocycles. The van der Waals surface area contributed by atoms with Gasteiger partial charge in [0.15, 0.2) is 0 Å². The molecule has 0 saturated carbocycles. The van der Waals surface area contributed by atoms with Crippen LogP contribution in [-0.2, 0) is 27.5 Å². The lowest BCUT2D eigenvalue weighted by Crippen LogP contribution is -2.37. The van der Waals surface area contributed by atoms with E-state index in [-0.39, 0.29) is 6.54 Å². The summed E-state index contributed by atoms with van der Waals surface area (Å²) in [7, 11) is -2.91. The molecular formula is C17H16F4N2O3S. The number of amides is 1. The van der Waals surface area contributed by atoms with Gasteiger partial charge in [-0.2, -0.15) is 13.2 Å². The highest BCUT2D eigenvalue weighted by Crippen LogP contribution is 2.30. The first-order valence-corrected chi connectivity index (χ1v) is 9.13. The van der Waals surface area contributed by atoms with Crippen LogP contribution in [-0.4, -0.2) is 32.8 Å². The molecule has 0 fully saturated rings. The number of sulfonamides is 1. The van der Waals surface area contributed by atoms with Gasteiger partial charge in [-0.3, -0.25) is 4.79 Å². The summed E-state index contributed by atoms with van der Waals surface area (Å²) < 4.78 is 77.5. The second kappa shape index (κ2) is 8.05. The molecule has 0 unspecified atom stereocenters. The van der Waals surface area contributed by atoms with Crippen LogP contribution in [0.1, 0.15) is 11.1 Å². The Hall–Kier alpha value is -2.46. The lowest BCUT2D eigenvalue weighted by molar-refractivity contribution is -0.137. The van der Waals surface area contributed by atoms with Crippen molar-refractivity contribution in [3.8, 4) is 0 Å². The van der Waals surface area contributed by atoms with Crippen LogP contribution in [0.5, 0.6) is 0 Å². The van der Waals surface area contributed by atoms with Gasteiger partial charge in [-0.25, -0.2) is 17.5 Å². The molecule has 0 atom stereocenters. The van der Waals surface area contributed by atoms with E-state index in [2.05, 4.69) is 0 Å². The molecule has 0 aromatic heterocycles. The van der Waals surface area contributed by atoms with Crippen LogP contribution in [0, 0.1) is 5.82 Å². The third-order valence-corrected chi connectivity index (χ3v) is 5.02. The molecule has 1 N–H and O–H groups in total. The average molecular weight is 404 g/mol. The van der Waals surface area contributed by atoms with Crippen LogP contribution >= 0.6 is 0 Å². The van der Waals surface area contributed by atoms with Crippen LogP contribution in [0.2, 0.25) is 0 Å². The van der Waals surface area contributed by atoms with E-state index in [4.69, 9.17) is 0 Å². The van der Waals surface area contributed by atoms with Crippen molar-refractivity contribution in [1.29, 1.82) is 0 Å². The van der Waals surface area contributed by atoms with Gasteiger partial charge < -0.3 is 4.90 Å². The quantitative estimate of drug-likeness (QED) is 0.753. The minimum absolute atomic E-state index is 0.0435. The molecular weight excluding hydrogens is 388 g/mol. The monoisotopic (exact) mass is 404 g/mol. The molecule has 0 radical (unpaired) electrons. The number of rotatable bonds is 6. The maximum Gasteiger partial charge on any atom is 0.416 e. The lowest BCUT2D eigenvalue weighted by Gasteiger charge is -2.18. The van der Waals surface area contributed by atoms with Crippen LogP contribution in [0.25, 0.3) is 0 Å². The Balaban J connectivity index is 2.03. The highest BCUT2D eigenvalue weighted by molar-refractivity contribution is 7.89. The predicted molar refractivity (Wildman–Crippen MR) is 89.5 cm³/mol. The molecule has 27 heavy (non-hydrogen) atoms. The Morgan fingerprint density at radius 2 is 1.78 bits per heavy atom. The molecule has 0 bridgehead atoms. The number of halogens is 4. The number of hydrogen-bond acceptors (Lipinski definition) is 3. The molecule has 2 rings (SSSR count). The van der Waals surface area contributed by atoms with Crippen molar-refractivity contribution in [1.82, 2.24) is 9.62 Å². The fourth-order valence-electron chi connectivity index (χ4n) is 2.21. The Bertz CT molecular complexity index is 930. The molecule has 0 aliphatic carbocycles. The van der Waals surface area contributed by atoms with Gasteiger partial charge in [-0.1, -0.05) is 18.2 Å². The normalized spacial score (nSPS) is 12.0. The predicted octanol–water partition coefficient (Wildman–Crippen LogP) is 2.78. The number of alkyl halides is 3. The molecule has 0 saturated heterocycles. The molecule has 2 aromatic rings. The van der Waals surface area contributed by atoms with Crippen LogP contribution in [0.4, 0.5) is 17.6 Å². The number of carbonyl (C=O) groups is 1. The standard InChI is InChI=1S/C17H16F4N2O3S/c1-23(11-12-4-2-6-14(18)8-12)16(24)10-22-27(25,26)15-7-3-5-13(9-15)17(19,20)21/h2-9,22H,10-11H2,1H3. The zero-order valence-corrected chi connectivity index (χ0v) is 14.9. The van der Waals surface area contributed by atoms with E-state index in [1.165, 1.54) is 30.1 Å². The van der Waals surface area contributed by atoms with Crippen LogP contribution < -0.4 is 4.72 Å². The number of hydrogen-bond donors (Lipinski definition) is 1. The summed E-state index contributed by atoms with van der Waals surface area (Å²) >= 11 is 0. The largest absolute Gasteiger partial charge is 0.416 e. The first-order valence-electron chi connectivity index (χ1n) is 7.64. The SMILES string of the molecule is CN(Cc1cccc(F)c1)C(=O)CNS(=O)(=O)c1cccc(C(F)(F)F)c1. The Morgan fingerprint density at radius 1 is 1.11 bits per heavy atom. The highest BCUT2D eigenvalue weighted by atomic mass is 32.2. The van der Waals surface area contributed by atoms with Gasteiger partial charge in [0.1, 0.15) is 5.82 Å². The zero-order valence-electron chi connectivity index (χ0n) is 14.1. The van der Waals surface area contributed by atoms with Gasteiger partial charge in [0.2, 0.25) is 15.9 Å². The fraction of sp³-hybridized carbons (Fsp3) is 0.235. The molecule has 5 nitrogen and oxygen atoms in total. The summed E-state index contributed by atoms with van der Waals surface area (Å²) in [4.78, 5) is 12.6. The average Bonchev–Trinajstić information content (AvgIpc) is 2.59. The maximum absolute atomic E-state index is 13.2. The van der Waals surface area contributed by atoms with Gasteiger partial charge in [-0.05, 0) is 35.9 Å². The van der Waals surface area contributed by atoms with Gasteiger partial charge in [0.05, 0.1) is 17.0 Å². The summed E-state index contributed by atoms with van der Waals surface area (Å²) in [6.07, 6.45) is -4.69. The van der Waals surface area contributed by atoms with Crippen molar-refractivity contribution < 1.29 is 30.8 Å². The fourth-order valence-corrected chi connectivity index (χ4v) is 3.23. The van der Waals surface area contributed by atoms with Crippen molar-refractivity contribution >= 4 is 15.9 Å². The summed E-state index contributed by atoms with van der Waals surface area (Å²) in [6.45, 7) is -0.605. The lowest BCUT2D eigenvalue weighted by atomic mass is 10.2. The maximum atomic E-state index is 13.2. The van der Waals surface area contributed by atoms with Gasteiger partial charge >= 0.3 is 6.18 Å². The van der Waals surface area contributed by atoms with Gasteiger partial charge in [0.25, 0.3) is 0 Å². The minimum Gasteiger partial charge on any atom is -0.340 e. The van der Waals surface area contributed by atoms with Gasteiger partial charge in [-0.15, -0.1) is 0 Å². The zero-order chi connectivity index (χ0) is 20.2. The third kappa shape index (κ3) is 5.76. The summed E-state index contributed by atoms with van der Waals surface area (Å²) in [5, 5.41) is 0. The first kappa shape index (κ1) is 20.8. The van der Waals surface area contributed by atoms with E-state index in [9.17, 15) is 30.8 Å². The number of nitrogens with one attached hydrogen (secondary N) is 1. The van der Waals surface area contributed by atoms with Gasteiger partial charge in [0, 0.05) is 13.6 Å². The number of carbonyl (C=O) groups excluding carboxylic acids is 1. The summed E-state index contributed by atoms with van der Waals surface area (Å²) in [5.41, 5.74) is -0.605. The highest BCUT2D eigenvalue weighted by Gasteiger charge is 2.31. The minimum atomic E-state index is -4.69. The van der Waals surface area contributed by atoms with E-state index in [0.717, 1.165) is 18.2 Å². The molecule has 2 aromatic carbocycles.